The summed E-state index contributed by atoms with van der Waals surface area (Å²) >= 11 is 6.07. The smallest absolute Gasteiger partial charge is 0.266 e. The molecule has 17 heavy (non-hydrogen) atoms. The average molecular weight is 246 g/mol. The van der Waals surface area contributed by atoms with E-state index in [0.29, 0.717) is 27.7 Å². The Labute approximate surface area is 102 Å². The molecule has 0 saturated carbocycles. The van der Waals surface area contributed by atoms with Gasteiger partial charge in [-0.25, -0.2) is 4.99 Å². The minimum absolute atomic E-state index is 0.362. The number of carbonyl (C=O) groups excluding carboxylic acids is 1. The number of halogens is 1. The fourth-order valence-corrected chi connectivity index (χ4v) is 1.91. The molecule has 0 atom stereocenters. The largest absolute Gasteiger partial charge is 0.284 e. The average Bonchev–Trinajstić information content (AvgIpc) is 2.75. The Morgan fingerprint density at radius 2 is 2.06 bits per heavy atom. The van der Waals surface area contributed by atoms with Crippen LogP contribution in [0.4, 0.5) is 5.82 Å². The van der Waals surface area contributed by atoms with E-state index in [2.05, 4.69) is 20.5 Å². The predicted molar refractivity (Wildman–Crippen MR) is 63.7 cm³/mol. The van der Waals surface area contributed by atoms with Crippen molar-refractivity contribution < 1.29 is 4.79 Å². The summed E-state index contributed by atoms with van der Waals surface area (Å²) < 4.78 is 0. The predicted octanol–water partition coefficient (Wildman–Crippen LogP) is 2.15. The van der Waals surface area contributed by atoms with Crippen LogP contribution in [-0.4, -0.2) is 22.4 Å². The summed E-state index contributed by atoms with van der Waals surface area (Å²) in [6.45, 7) is 0. The van der Waals surface area contributed by atoms with Crippen LogP contribution in [0.5, 0.6) is 0 Å². The van der Waals surface area contributed by atoms with Crippen molar-refractivity contribution in [3.05, 3.63) is 34.9 Å². The second-order valence-corrected chi connectivity index (χ2v) is 3.86. The van der Waals surface area contributed by atoms with E-state index in [1.165, 1.54) is 6.34 Å². The number of amides is 1. The number of nitrogens with zero attached hydrogens (tertiary/aromatic N) is 3. The molecule has 0 saturated heterocycles. The highest BCUT2D eigenvalue weighted by Crippen LogP contribution is 2.33. The molecule has 1 aromatic heterocycles. The Balaban J connectivity index is 2.24. The van der Waals surface area contributed by atoms with Gasteiger partial charge in [0.1, 0.15) is 17.6 Å². The number of benzene rings is 1. The summed E-state index contributed by atoms with van der Waals surface area (Å²) in [5.74, 6) is 0.0542. The van der Waals surface area contributed by atoms with E-state index in [-0.39, 0.29) is 5.91 Å². The molecule has 1 aromatic carbocycles. The van der Waals surface area contributed by atoms with Crippen LogP contribution in [0.3, 0.4) is 0 Å². The Bertz CT molecular complexity index is 632. The molecule has 0 aliphatic carbocycles. The summed E-state index contributed by atoms with van der Waals surface area (Å²) in [7, 11) is 0. The molecule has 1 amide bonds. The summed E-state index contributed by atoms with van der Waals surface area (Å²) in [6.07, 6.45) is 1.21. The van der Waals surface area contributed by atoms with Crippen LogP contribution >= 0.6 is 11.6 Å². The van der Waals surface area contributed by atoms with Crippen molar-refractivity contribution in [1.82, 2.24) is 15.5 Å². The quantitative estimate of drug-likeness (QED) is 0.836. The van der Waals surface area contributed by atoms with Gasteiger partial charge in [-0.1, -0.05) is 29.8 Å². The number of aliphatic imine (C=N–C) groups is 1. The Morgan fingerprint density at radius 3 is 2.88 bits per heavy atom. The van der Waals surface area contributed by atoms with Crippen LogP contribution in [0.1, 0.15) is 10.4 Å². The normalized spacial score (nSPS) is 13.4. The summed E-state index contributed by atoms with van der Waals surface area (Å²) in [5.41, 5.74) is 1.53. The van der Waals surface area contributed by atoms with Gasteiger partial charge in [-0.2, -0.15) is 10.4 Å². The van der Waals surface area contributed by atoms with Gasteiger partial charge in [-0.05, 0) is 6.07 Å². The Hall–Kier alpha value is -2.14. The molecule has 83 valence electrons. The van der Waals surface area contributed by atoms with Crippen molar-refractivity contribution in [3.63, 3.8) is 0 Å². The summed E-state index contributed by atoms with van der Waals surface area (Å²) in [4.78, 5) is 15.6. The van der Waals surface area contributed by atoms with E-state index in [4.69, 9.17) is 11.6 Å². The zero-order chi connectivity index (χ0) is 11.8. The molecule has 1 radical (unpaired) electrons. The molecule has 1 aliphatic heterocycles. The van der Waals surface area contributed by atoms with Crippen molar-refractivity contribution in [1.29, 1.82) is 0 Å². The Morgan fingerprint density at radius 1 is 1.24 bits per heavy atom. The standard InChI is InChI=1S/C11H6ClN4O/c12-7-4-2-1-3-6(7)9-8-10(16-15-9)13-5-14-11(8)17/h1-5H,(H,15,16). The molecule has 1 N–H and O–H groups in total. The monoisotopic (exact) mass is 245 g/mol. The van der Waals surface area contributed by atoms with Crippen LogP contribution in [0.15, 0.2) is 29.3 Å². The first-order valence-corrected chi connectivity index (χ1v) is 5.26. The minimum Gasteiger partial charge on any atom is -0.266 e. The first-order chi connectivity index (χ1) is 8.27. The van der Waals surface area contributed by atoms with E-state index in [1.807, 2.05) is 12.1 Å². The molecule has 0 unspecified atom stereocenters. The number of fused-ring (bicyclic) bond motifs is 1. The first-order valence-electron chi connectivity index (χ1n) is 4.88. The third-order valence-corrected chi connectivity index (χ3v) is 2.78. The molecule has 1 aliphatic rings. The number of aromatic amines is 1. The van der Waals surface area contributed by atoms with Crippen LogP contribution in [0.2, 0.25) is 5.02 Å². The third-order valence-electron chi connectivity index (χ3n) is 2.45. The fraction of sp³-hybridized carbons (Fsp3) is 0. The minimum atomic E-state index is -0.362. The van der Waals surface area contributed by atoms with Crippen molar-refractivity contribution in [2.75, 3.05) is 0 Å². The number of hydrogen-bond donors (Lipinski definition) is 1. The molecule has 2 aromatic rings. The molecular formula is C11H6ClN4O. The van der Waals surface area contributed by atoms with Crippen LogP contribution in [0, 0.1) is 0 Å². The molecule has 0 fully saturated rings. The molecule has 6 heteroatoms. The highest BCUT2D eigenvalue weighted by Gasteiger charge is 2.25. The van der Waals surface area contributed by atoms with E-state index in [9.17, 15) is 4.79 Å². The van der Waals surface area contributed by atoms with Gasteiger partial charge in [0.2, 0.25) is 0 Å². The van der Waals surface area contributed by atoms with Gasteiger partial charge in [-0.15, -0.1) is 0 Å². The lowest BCUT2D eigenvalue weighted by Gasteiger charge is -2.05. The highest BCUT2D eigenvalue weighted by molar-refractivity contribution is 6.33. The van der Waals surface area contributed by atoms with Crippen LogP contribution < -0.4 is 5.32 Å². The maximum absolute atomic E-state index is 11.7. The highest BCUT2D eigenvalue weighted by atomic mass is 35.5. The zero-order valence-electron chi connectivity index (χ0n) is 8.51. The van der Waals surface area contributed by atoms with E-state index in [1.54, 1.807) is 12.1 Å². The molecule has 2 heterocycles. The summed E-state index contributed by atoms with van der Waals surface area (Å²) in [5, 5.41) is 10.9. The van der Waals surface area contributed by atoms with E-state index < -0.39 is 0 Å². The molecule has 0 bridgehead atoms. The third kappa shape index (κ3) is 1.52. The van der Waals surface area contributed by atoms with Gasteiger partial charge in [0.05, 0.1) is 5.02 Å². The Kier molecular flexibility index (Phi) is 2.19. The zero-order valence-corrected chi connectivity index (χ0v) is 9.27. The summed E-state index contributed by atoms with van der Waals surface area (Å²) in [6, 6.07) is 7.18. The van der Waals surface area contributed by atoms with E-state index >= 15 is 0 Å². The van der Waals surface area contributed by atoms with Gasteiger partial charge in [0.15, 0.2) is 5.82 Å². The number of aromatic nitrogens is 2. The van der Waals surface area contributed by atoms with Gasteiger partial charge >= 0.3 is 0 Å². The molecule has 3 rings (SSSR count). The lowest BCUT2D eigenvalue weighted by molar-refractivity contribution is 0.0975. The fourth-order valence-electron chi connectivity index (χ4n) is 1.68. The maximum Gasteiger partial charge on any atom is 0.284 e. The number of rotatable bonds is 1. The lowest BCUT2D eigenvalue weighted by Crippen LogP contribution is -2.17. The number of carbonyl (C=O) groups is 1. The van der Waals surface area contributed by atoms with Gasteiger partial charge < -0.3 is 0 Å². The van der Waals surface area contributed by atoms with Gasteiger partial charge in [-0.3, -0.25) is 9.89 Å². The van der Waals surface area contributed by atoms with Crippen LogP contribution in [0.25, 0.3) is 11.3 Å². The SMILES string of the molecule is O=C1[N]C=Nc2[nH]nc(-c3ccccc3Cl)c21. The number of H-pyrrole nitrogens is 1. The van der Waals surface area contributed by atoms with E-state index in [0.717, 1.165) is 0 Å². The van der Waals surface area contributed by atoms with Gasteiger partial charge in [0, 0.05) is 5.56 Å². The van der Waals surface area contributed by atoms with Gasteiger partial charge in [0.25, 0.3) is 5.91 Å². The van der Waals surface area contributed by atoms with Crippen molar-refractivity contribution in [3.8, 4) is 11.3 Å². The first kappa shape index (κ1) is 10.0. The van der Waals surface area contributed by atoms with Crippen molar-refractivity contribution >= 4 is 29.7 Å². The van der Waals surface area contributed by atoms with Crippen LogP contribution in [-0.2, 0) is 0 Å². The maximum atomic E-state index is 11.7. The second-order valence-electron chi connectivity index (χ2n) is 3.45. The topological polar surface area (TPSA) is 72.2 Å². The second kappa shape index (κ2) is 3.71. The number of nitrogens with one attached hydrogen (secondary N) is 1. The number of hydrogen-bond acceptors (Lipinski definition) is 3. The lowest BCUT2D eigenvalue weighted by atomic mass is 10.1. The van der Waals surface area contributed by atoms with Crippen molar-refractivity contribution in [2.45, 2.75) is 0 Å². The molecular weight excluding hydrogens is 240 g/mol. The van der Waals surface area contributed by atoms with Crippen molar-refractivity contribution in [2.24, 2.45) is 4.99 Å². The molecule has 5 nitrogen and oxygen atoms in total. The molecule has 0 spiro atoms.